The molecule has 42 heavy (non-hydrogen) atoms. The molecule has 11 nitrogen and oxygen atoms in total. The van der Waals surface area contributed by atoms with Gasteiger partial charge in [-0.25, -0.2) is 5.06 Å². The Balaban J connectivity index is 1.38. The van der Waals surface area contributed by atoms with Crippen molar-refractivity contribution in [1.82, 2.24) is 25.4 Å². The van der Waals surface area contributed by atoms with Gasteiger partial charge in [0, 0.05) is 25.2 Å². The van der Waals surface area contributed by atoms with Gasteiger partial charge in [0.2, 0.25) is 23.4 Å². The van der Waals surface area contributed by atoms with Gasteiger partial charge in [-0.1, -0.05) is 56.0 Å². The number of halogens is 2. The van der Waals surface area contributed by atoms with Crippen LogP contribution in [0.15, 0.2) is 30.3 Å². The summed E-state index contributed by atoms with van der Waals surface area (Å²) in [5.41, 5.74) is 5.76. The molecule has 0 radical (unpaired) electrons. The van der Waals surface area contributed by atoms with Gasteiger partial charge < -0.3 is 10.1 Å². The van der Waals surface area contributed by atoms with Gasteiger partial charge >= 0.3 is 0 Å². The fourth-order valence-electron chi connectivity index (χ4n) is 5.41. The van der Waals surface area contributed by atoms with Gasteiger partial charge in [0.25, 0.3) is 0 Å². The minimum absolute atomic E-state index is 0.0524. The summed E-state index contributed by atoms with van der Waals surface area (Å²) >= 11 is 6.11. The fraction of sp³-hybridized carbons (Fsp3) is 0.586. The van der Waals surface area contributed by atoms with Crippen LogP contribution in [-0.4, -0.2) is 77.2 Å². The van der Waals surface area contributed by atoms with Crippen molar-refractivity contribution >= 4 is 35.6 Å². The Labute approximate surface area is 251 Å². The van der Waals surface area contributed by atoms with Gasteiger partial charge in [-0.05, 0) is 43.4 Å². The Morgan fingerprint density at radius 2 is 1.90 bits per heavy atom. The third-order valence-electron chi connectivity index (χ3n) is 7.90. The summed E-state index contributed by atoms with van der Waals surface area (Å²) < 4.78 is 20.8. The van der Waals surface area contributed by atoms with E-state index >= 15 is 4.39 Å². The van der Waals surface area contributed by atoms with Crippen molar-refractivity contribution in [2.45, 2.75) is 58.1 Å². The highest BCUT2D eigenvalue weighted by molar-refractivity contribution is 6.28. The molecule has 13 heteroatoms. The molecule has 2 amide bonds. The normalized spacial score (nSPS) is 17.0. The lowest BCUT2D eigenvalue weighted by molar-refractivity contribution is -0.182. The number of ether oxygens (including phenoxy) is 1. The van der Waals surface area contributed by atoms with E-state index in [2.05, 4.69) is 44.9 Å². The van der Waals surface area contributed by atoms with Crippen LogP contribution in [0.3, 0.4) is 0 Å². The van der Waals surface area contributed by atoms with Crippen molar-refractivity contribution in [2.75, 3.05) is 50.1 Å². The summed E-state index contributed by atoms with van der Waals surface area (Å²) in [6.45, 7) is 7.62. The maximum absolute atomic E-state index is 15.4. The molecule has 3 N–H and O–H groups in total. The lowest BCUT2D eigenvalue weighted by Crippen LogP contribution is -2.53. The summed E-state index contributed by atoms with van der Waals surface area (Å²) in [5.74, 6) is -1.74. The molecule has 0 bridgehead atoms. The number of hydrogen-bond donors (Lipinski definition) is 3. The third kappa shape index (κ3) is 9.22. The van der Waals surface area contributed by atoms with Crippen molar-refractivity contribution in [3.8, 4) is 0 Å². The van der Waals surface area contributed by atoms with Gasteiger partial charge in [0.15, 0.2) is 11.6 Å². The standard InChI is InChI=1S/C29H41ClFN7O4/c1-29(2,37-12-14-41-15-13-37)19-32-25-24(31)26(34-28(30)33-25)35-36-27(40)23(16-21-8-6-7-9-21)17-38(20-39)42-18-22-10-4-3-5-11-22/h3-5,10-11,20-21,23H,6-9,12-19H2,1-2H3,(H,36,40)(H2,32,33,34,35)/t23-/m1/s1. The van der Waals surface area contributed by atoms with Crippen molar-refractivity contribution in [3.63, 3.8) is 0 Å². The van der Waals surface area contributed by atoms with Crippen LogP contribution >= 0.6 is 11.6 Å². The lowest BCUT2D eigenvalue weighted by atomic mass is 9.92. The number of carbonyl (C=O) groups excluding carboxylic acids is 2. The molecule has 2 aliphatic rings. The zero-order valence-corrected chi connectivity index (χ0v) is 25.0. The average molecular weight is 606 g/mol. The number of hydrazine groups is 1. The van der Waals surface area contributed by atoms with E-state index < -0.39 is 17.6 Å². The van der Waals surface area contributed by atoms with Crippen molar-refractivity contribution < 1.29 is 23.6 Å². The first-order valence-corrected chi connectivity index (χ1v) is 14.9. The molecule has 4 rings (SSSR count). The second-order valence-electron chi connectivity index (χ2n) is 11.4. The Morgan fingerprint density at radius 1 is 1.21 bits per heavy atom. The molecule has 230 valence electrons. The third-order valence-corrected chi connectivity index (χ3v) is 8.07. The van der Waals surface area contributed by atoms with E-state index in [1.807, 2.05) is 30.3 Å². The topological polar surface area (TPSA) is 121 Å². The summed E-state index contributed by atoms with van der Waals surface area (Å²) in [7, 11) is 0. The highest BCUT2D eigenvalue weighted by Crippen LogP contribution is 2.31. The van der Waals surface area contributed by atoms with E-state index in [4.69, 9.17) is 21.2 Å². The van der Waals surface area contributed by atoms with E-state index in [9.17, 15) is 9.59 Å². The molecular weight excluding hydrogens is 565 g/mol. The molecule has 0 spiro atoms. The maximum Gasteiger partial charge on any atom is 0.243 e. The first kappa shape index (κ1) is 31.9. The first-order valence-electron chi connectivity index (χ1n) is 14.5. The van der Waals surface area contributed by atoms with Crippen LogP contribution in [-0.2, 0) is 25.8 Å². The van der Waals surface area contributed by atoms with Crippen molar-refractivity contribution in [3.05, 3.63) is 47.0 Å². The van der Waals surface area contributed by atoms with Crippen LogP contribution < -0.4 is 16.2 Å². The molecule has 2 fully saturated rings. The van der Waals surface area contributed by atoms with E-state index in [1.165, 1.54) is 0 Å². The van der Waals surface area contributed by atoms with Crippen LogP contribution in [0.2, 0.25) is 5.28 Å². The number of nitrogens with one attached hydrogen (secondary N) is 3. The summed E-state index contributed by atoms with van der Waals surface area (Å²) in [6, 6.07) is 9.45. The van der Waals surface area contributed by atoms with Crippen molar-refractivity contribution in [2.24, 2.45) is 11.8 Å². The van der Waals surface area contributed by atoms with E-state index in [0.29, 0.717) is 38.5 Å². The van der Waals surface area contributed by atoms with E-state index in [-0.39, 0.29) is 35.6 Å². The molecular formula is C29H41ClFN7O4. The molecule has 1 aromatic heterocycles. The quantitative estimate of drug-likeness (QED) is 0.157. The van der Waals surface area contributed by atoms with Crippen LogP contribution in [0.4, 0.5) is 16.0 Å². The van der Waals surface area contributed by atoms with Crippen LogP contribution in [0.5, 0.6) is 0 Å². The van der Waals surface area contributed by atoms with Gasteiger partial charge in [-0.15, -0.1) is 0 Å². The predicted octanol–water partition coefficient (Wildman–Crippen LogP) is 4.02. The number of hydrogen-bond acceptors (Lipinski definition) is 9. The number of anilines is 2. The Bertz CT molecular complexity index is 1160. The van der Waals surface area contributed by atoms with Crippen LogP contribution in [0.25, 0.3) is 0 Å². The molecule has 1 saturated heterocycles. The second-order valence-corrected chi connectivity index (χ2v) is 11.8. The van der Waals surface area contributed by atoms with Gasteiger partial charge in [-0.3, -0.25) is 30.2 Å². The number of benzene rings is 1. The zero-order valence-electron chi connectivity index (χ0n) is 24.3. The molecule has 2 aromatic rings. The number of carbonyl (C=O) groups is 2. The molecule has 1 saturated carbocycles. The largest absolute Gasteiger partial charge is 0.379 e. The SMILES string of the molecule is CC(C)(CNc1nc(Cl)nc(NNC(=O)[C@H](CC2CCCC2)CN(C=O)OCc2ccccc2)c1F)N1CCOCC1. The highest BCUT2D eigenvalue weighted by Gasteiger charge is 2.30. The lowest BCUT2D eigenvalue weighted by Gasteiger charge is -2.41. The molecule has 0 unspecified atom stereocenters. The predicted molar refractivity (Wildman–Crippen MR) is 158 cm³/mol. The number of amides is 2. The first-order chi connectivity index (χ1) is 20.2. The fourth-order valence-corrected chi connectivity index (χ4v) is 5.58. The number of aromatic nitrogens is 2. The Hall–Kier alpha value is -3.06. The molecule has 1 aliphatic heterocycles. The van der Waals surface area contributed by atoms with Crippen LogP contribution in [0.1, 0.15) is 51.5 Å². The van der Waals surface area contributed by atoms with Gasteiger partial charge in [0.05, 0.1) is 25.7 Å². The average Bonchev–Trinajstić information content (AvgIpc) is 3.52. The smallest absolute Gasteiger partial charge is 0.243 e. The molecule has 1 aromatic carbocycles. The summed E-state index contributed by atoms with van der Waals surface area (Å²) in [6.07, 6.45) is 5.42. The van der Waals surface area contributed by atoms with E-state index in [0.717, 1.165) is 49.4 Å². The summed E-state index contributed by atoms with van der Waals surface area (Å²) in [4.78, 5) is 41.1. The second kappa shape index (κ2) is 15.4. The molecule has 2 heterocycles. The number of nitrogens with zero attached hydrogens (tertiary/aromatic N) is 4. The van der Waals surface area contributed by atoms with Gasteiger partial charge in [-0.2, -0.15) is 14.4 Å². The zero-order chi connectivity index (χ0) is 30.0. The number of rotatable bonds is 15. The number of morpholine rings is 1. The Kier molecular flexibility index (Phi) is 11.7. The molecule has 1 atom stereocenters. The monoisotopic (exact) mass is 605 g/mol. The highest BCUT2D eigenvalue weighted by atomic mass is 35.5. The van der Waals surface area contributed by atoms with Crippen LogP contribution in [0, 0.1) is 17.7 Å². The Morgan fingerprint density at radius 3 is 2.60 bits per heavy atom. The molecule has 1 aliphatic carbocycles. The van der Waals surface area contributed by atoms with E-state index in [1.54, 1.807) is 0 Å². The summed E-state index contributed by atoms with van der Waals surface area (Å²) in [5, 5.41) is 4.01. The number of hydroxylamine groups is 2. The van der Waals surface area contributed by atoms with Crippen molar-refractivity contribution in [1.29, 1.82) is 0 Å². The maximum atomic E-state index is 15.4. The van der Waals surface area contributed by atoms with Gasteiger partial charge in [0.1, 0.15) is 6.61 Å². The minimum atomic E-state index is -0.773. The minimum Gasteiger partial charge on any atom is -0.379 e.